The average Bonchev–Trinajstić information content (AvgIpc) is 2.14. The fraction of sp³-hybridized carbons (Fsp3) is 0.630. The summed E-state index contributed by atoms with van der Waals surface area (Å²) >= 11 is 0. The van der Waals surface area contributed by atoms with E-state index in [0.717, 1.165) is 4.57 Å². The molecule has 5 amide bonds. The molecule has 2 fully saturated rings. The van der Waals surface area contributed by atoms with Crippen LogP contribution in [0.5, 0.6) is 0 Å². The largest absolute Gasteiger partial charge is 0.388 e. The predicted molar refractivity (Wildman–Crippen MR) is 327 cm³/mol. The van der Waals surface area contributed by atoms with Gasteiger partial charge in [0, 0.05) is 43.8 Å². The van der Waals surface area contributed by atoms with Gasteiger partial charge in [-0.05, 0) is 38.5 Å². The van der Waals surface area contributed by atoms with Crippen molar-refractivity contribution in [3.63, 3.8) is 0 Å². The van der Waals surface area contributed by atoms with Crippen LogP contribution in [0.25, 0.3) is 11.4 Å². The Morgan fingerprint density at radius 1 is 0.682 bits per heavy atom. The molecule has 0 spiro atoms. The molecule has 2 aromatic heterocycles. The van der Waals surface area contributed by atoms with Crippen LogP contribution >= 0.6 is 21.6 Å². The first-order chi connectivity index (χ1) is 41.5. The molecule has 0 aromatic carbocycles. The van der Waals surface area contributed by atoms with Gasteiger partial charge in [-0.15, -0.1) is 0 Å². The number of hydrogen-bond donors (Lipinski definition) is 21. The third-order valence-corrected chi connectivity index (χ3v) is 15.5. The monoisotopic (exact) mass is 1280 g/mol. The van der Waals surface area contributed by atoms with Gasteiger partial charge in [0.2, 0.25) is 41.4 Å². The molecule has 3 heterocycles. The van der Waals surface area contributed by atoms with Crippen molar-refractivity contribution in [2.45, 2.75) is 150 Å². The maximum absolute atomic E-state index is 13.8. The van der Waals surface area contributed by atoms with Gasteiger partial charge in [-0.25, -0.2) is 19.8 Å². The lowest BCUT2D eigenvalue weighted by Gasteiger charge is -2.46. The van der Waals surface area contributed by atoms with Crippen LogP contribution in [-0.2, 0) is 44.7 Å². The zero-order valence-corrected chi connectivity index (χ0v) is 49.5. The number of carbonyl (C=O) groups is 5. The van der Waals surface area contributed by atoms with Crippen LogP contribution in [0.1, 0.15) is 64.2 Å². The summed E-state index contributed by atoms with van der Waals surface area (Å²) in [6, 6.07) is -7.52. The van der Waals surface area contributed by atoms with Crippen LogP contribution in [0.15, 0.2) is 36.0 Å². The predicted octanol–water partition coefficient (Wildman–Crippen LogP) is -10.4. The SMILES string of the molecule is NC(=O)C[C@H](NC(=O)CCCn1cc(-c2nc(N)nc(N)n2)c(N)nc1=O)C(=O)N[C@@H](CCCN=C(N)N)C(=O)N[C@@H](CSSCCCCCCO[C@@H]1[C@@H](O)[C@H](N=C(N)N)C[C@H](N=C(N)N)[C@H]1O[C@H]1O[C@H](CN=C(N)N)[C@@H](O)[C@H](O)[C@H]1N=C(N)N)C(N)=O. The van der Waals surface area contributed by atoms with E-state index >= 15 is 0 Å². The molecule has 0 radical (unpaired) electrons. The number of aliphatic hydroxyl groups is 3. The maximum Gasteiger partial charge on any atom is 0.349 e. The van der Waals surface area contributed by atoms with Crippen molar-refractivity contribution < 1.29 is 53.5 Å². The Hall–Kier alpha value is -8.55. The highest BCUT2D eigenvalue weighted by Crippen LogP contribution is 2.34. The Morgan fingerprint density at radius 2 is 1.31 bits per heavy atom. The number of aromatic nitrogens is 5. The first-order valence-corrected chi connectivity index (χ1v) is 29.7. The minimum absolute atomic E-state index is 0.0117. The Labute approximate surface area is 511 Å². The second kappa shape index (κ2) is 35.3. The van der Waals surface area contributed by atoms with Crippen molar-refractivity contribution in [1.82, 2.24) is 40.5 Å². The smallest absolute Gasteiger partial charge is 0.349 e. The van der Waals surface area contributed by atoms with Gasteiger partial charge in [-0.1, -0.05) is 34.4 Å². The number of guanidine groups is 5. The number of anilines is 3. The number of rotatable bonds is 35. The Morgan fingerprint density at radius 3 is 1.93 bits per heavy atom. The van der Waals surface area contributed by atoms with Crippen LogP contribution in [0.4, 0.5) is 17.7 Å². The fourth-order valence-electron chi connectivity index (χ4n) is 8.97. The summed E-state index contributed by atoms with van der Waals surface area (Å²) in [7, 11) is 2.64. The van der Waals surface area contributed by atoms with Crippen LogP contribution in [0, 0.1) is 0 Å². The number of nitrogens with one attached hydrogen (secondary N) is 3. The summed E-state index contributed by atoms with van der Waals surface area (Å²) in [6.45, 7) is -0.275. The lowest BCUT2D eigenvalue weighted by molar-refractivity contribution is -0.290. The van der Waals surface area contributed by atoms with E-state index in [1.807, 2.05) is 0 Å². The quantitative estimate of drug-likeness (QED) is 0.0132. The lowest BCUT2D eigenvalue weighted by atomic mass is 9.83. The molecule has 4 rings (SSSR count). The van der Waals surface area contributed by atoms with Gasteiger partial charge in [-0.2, -0.15) is 19.9 Å². The molecule has 0 bridgehead atoms. The summed E-state index contributed by atoms with van der Waals surface area (Å²) in [5.41, 5.74) is 84.1. The van der Waals surface area contributed by atoms with Crippen molar-refractivity contribution in [2.24, 2.45) is 93.8 Å². The van der Waals surface area contributed by atoms with Gasteiger partial charge >= 0.3 is 5.69 Å². The van der Waals surface area contributed by atoms with E-state index < -0.39 is 127 Å². The van der Waals surface area contributed by atoms with Gasteiger partial charge in [0.1, 0.15) is 66.6 Å². The Balaban J connectivity index is 1.33. The number of unbranched alkanes of at least 4 members (excludes halogenated alkanes) is 3. The van der Waals surface area contributed by atoms with Crippen molar-refractivity contribution in [3.05, 3.63) is 16.7 Å². The third-order valence-electron chi connectivity index (χ3n) is 13.0. The van der Waals surface area contributed by atoms with Crippen molar-refractivity contribution >= 4 is 98.6 Å². The number of aliphatic hydroxyl groups excluding tert-OH is 3. The number of nitrogen functional groups attached to an aromatic ring is 3. The fourth-order valence-corrected chi connectivity index (χ4v) is 11.3. The van der Waals surface area contributed by atoms with E-state index in [4.69, 9.17) is 100 Å². The van der Waals surface area contributed by atoms with Crippen molar-refractivity contribution in [2.75, 3.05) is 48.4 Å². The van der Waals surface area contributed by atoms with E-state index in [1.165, 1.54) is 27.8 Å². The molecule has 490 valence electrons. The third kappa shape index (κ3) is 23.6. The summed E-state index contributed by atoms with van der Waals surface area (Å²) < 4.78 is 19.8. The van der Waals surface area contributed by atoms with Crippen LogP contribution in [0.2, 0.25) is 0 Å². The number of nitrogens with zero attached hydrogens (tertiary/aromatic N) is 10. The van der Waals surface area contributed by atoms with E-state index in [-0.39, 0.29) is 117 Å². The number of aliphatic imine (C=N–C) groups is 5. The minimum atomic E-state index is -1.66. The first-order valence-electron chi connectivity index (χ1n) is 27.2. The van der Waals surface area contributed by atoms with Crippen LogP contribution in [-0.4, -0.2) is 210 Å². The van der Waals surface area contributed by atoms with Gasteiger partial charge in [0.25, 0.3) is 0 Å². The molecule has 2 aliphatic rings. The zero-order valence-electron chi connectivity index (χ0n) is 47.9. The standard InChI is InChI=1S/C46H82N28O12S2/c47-25(75)14-22(64-26(76)8-6-10-74-16-18(33(48)70-46(74)83)35-71-44(60)73-45(61)72-35)37(82)65-19(7-5-9-62-39(50)51)36(81)66-23(34(49)80)17-88-87-12-4-2-1-3-11-84-32-28(77)20(67-41(54)55)13-21(68-42(56)57)31(32)86-38-27(69-43(58)59)30(79)29(78)24(85-38)15-63-40(52)53/h16,19-24,27-32,38,77-79H,1-15,17H2,(H2,47,75)(H2,49,80)(H,64,76)(H,65,82)(H,66,81)(H2,48,70,83)(H4,50,51,62)(H4,52,53,63)(H4,54,55,67)(H4,56,57,68)(H4,58,59,69)(H4,60,61,71,72,73)/t19-,20+,21-,22-,23-,24+,27+,28-,29+,30+,31+,32+,38+/m0/s1. The van der Waals surface area contributed by atoms with E-state index in [1.54, 1.807) is 0 Å². The van der Waals surface area contributed by atoms with Gasteiger partial charge in [0.15, 0.2) is 41.9 Å². The topological polar surface area (TPSA) is 735 Å². The van der Waals surface area contributed by atoms with E-state index in [2.05, 4.69) is 60.8 Å². The number of primary amides is 2. The molecule has 1 saturated heterocycles. The molecule has 42 heteroatoms. The summed E-state index contributed by atoms with van der Waals surface area (Å²) in [5.74, 6) is -6.18. The molecule has 1 aliphatic carbocycles. The molecule has 36 N–H and O–H groups in total. The van der Waals surface area contributed by atoms with Crippen LogP contribution in [0.3, 0.4) is 0 Å². The number of carbonyl (C=O) groups excluding carboxylic acids is 5. The molecular formula is C46H82N28O12S2. The summed E-state index contributed by atoms with van der Waals surface area (Å²) in [5, 5.41) is 41.2. The molecule has 0 unspecified atom stereocenters. The second-order valence-electron chi connectivity index (χ2n) is 20.0. The average molecular weight is 1280 g/mol. The van der Waals surface area contributed by atoms with Crippen LogP contribution < -0.4 is 108 Å². The van der Waals surface area contributed by atoms with Gasteiger partial charge < -0.3 is 131 Å². The Bertz CT molecular complexity index is 2860. The molecular weight excluding hydrogens is 1200 g/mol. The molecule has 88 heavy (non-hydrogen) atoms. The molecule has 2 aromatic rings. The van der Waals surface area contributed by atoms with E-state index in [9.17, 15) is 44.1 Å². The van der Waals surface area contributed by atoms with Gasteiger partial charge in [0.05, 0.1) is 30.6 Å². The highest BCUT2D eigenvalue weighted by Gasteiger charge is 2.52. The first kappa shape index (κ1) is 71.9. The normalized spacial score (nSPS) is 22.5. The number of aryl methyl sites for hydroxylation is 1. The summed E-state index contributed by atoms with van der Waals surface area (Å²) in [6.07, 6.45) is -7.01. The Kier molecular flexibility index (Phi) is 28.9. The maximum atomic E-state index is 13.8. The summed E-state index contributed by atoms with van der Waals surface area (Å²) in [4.78, 5) is 114. The van der Waals surface area contributed by atoms with Crippen molar-refractivity contribution in [1.29, 1.82) is 0 Å². The number of amides is 5. The molecule has 13 atom stereocenters. The molecule has 40 nitrogen and oxygen atoms in total. The second-order valence-corrected chi connectivity index (χ2v) is 22.6. The number of nitrogens with two attached hydrogens (primary N) is 15. The molecule has 1 aliphatic heterocycles. The molecule has 1 saturated carbocycles. The number of ether oxygens (including phenoxy) is 3. The highest BCUT2D eigenvalue weighted by atomic mass is 33.1. The van der Waals surface area contributed by atoms with Gasteiger partial charge in [-0.3, -0.25) is 38.5 Å². The van der Waals surface area contributed by atoms with Crippen molar-refractivity contribution in [3.8, 4) is 11.4 Å². The van der Waals surface area contributed by atoms with E-state index in [0.29, 0.717) is 31.4 Å². The minimum Gasteiger partial charge on any atom is -0.388 e. The highest BCUT2D eigenvalue weighted by molar-refractivity contribution is 8.76. The zero-order chi connectivity index (χ0) is 65.4. The number of hydrogen-bond acceptors (Lipinski definition) is 26. The lowest BCUT2D eigenvalue weighted by Crippen LogP contribution is -2.63.